The number of nitrogens with one attached hydrogen (secondary N) is 1. The number of rotatable bonds is 2. The van der Waals surface area contributed by atoms with Gasteiger partial charge < -0.3 is 19.7 Å². The fraction of sp³-hybridized carbons (Fsp3) is 0.667. The Balaban J connectivity index is 2.06. The highest BCUT2D eigenvalue weighted by molar-refractivity contribution is 5.06. The van der Waals surface area contributed by atoms with Crippen LogP contribution in [0.25, 0.3) is 0 Å². The van der Waals surface area contributed by atoms with Crippen molar-refractivity contribution in [2.75, 3.05) is 13.2 Å². The van der Waals surface area contributed by atoms with Crippen LogP contribution in [0.1, 0.15) is 19.1 Å². The SMILES string of the molecule is O=c1ccn(C2OC(CO)[C@@H](O)[C@@]23CCCO3)c(=O)[nH]1. The van der Waals surface area contributed by atoms with Crippen LogP contribution in [0.15, 0.2) is 21.9 Å². The number of aliphatic hydroxyl groups is 2. The van der Waals surface area contributed by atoms with E-state index in [2.05, 4.69) is 4.98 Å². The van der Waals surface area contributed by atoms with Crippen LogP contribution in [0, 0.1) is 0 Å². The van der Waals surface area contributed by atoms with Crippen LogP contribution < -0.4 is 11.2 Å². The first-order chi connectivity index (χ1) is 9.58. The van der Waals surface area contributed by atoms with Crippen molar-refractivity contribution in [2.45, 2.75) is 36.9 Å². The maximum atomic E-state index is 11.9. The number of aromatic amines is 1. The fourth-order valence-electron chi connectivity index (χ4n) is 2.98. The molecule has 1 aromatic heterocycles. The summed E-state index contributed by atoms with van der Waals surface area (Å²) in [7, 11) is 0. The molecule has 3 N–H and O–H groups in total. The molecule has 110 valence electrons. The van der Waals surface area contributed by atoms with Gasteiger partial charge in [-0.05, 0) is 12.8 Å². The molecule has 2 aliphatic heterocycles. The summed E-state index contributed by atoms with van der Waals surface area (Å²) in [4.78, 5) is 25.2. The standard InChI is InChI=1S/C12H16N2O6/c15-6-7-9(17)12(3-1-5-19-12)10(20-7)14-4-2-8(16)13-11(14)18/h2,4,7,9-10,15,17H,1,3,5-6H2,(H,13,16,18)/t7?,9-,10?,12+/m1/s1. The summed E-state index contributed by atoms with van der Waals surface area (Å²) in [6, 6.07) is 1.20. The lowest BCUT2D eigenvalue weighted by molar-refractivity contribution is -0.122. The third-order valence-electron chi connectivity index (χ3n) is 3.94. The predicted octanol–water partition coefficient (Wildman–Crippen LogP) is -1.66. The Hall–Kier alpha value is -1.48. The molecule has 4 atom stereocenters. The van der Waals surface area contributed by atoms with E-state index in [1.54, 1.807) is 0 Å². The van der Waals surface area contributed by atoms with Gasteiger partial charge in [0.25, 0.3) is 5.56 Å². The first kappa shape index (κ1) is 13.5. The van der Waals surface area contributed by atoms with E-state index < -0.39 is 35.3 Å². The highest BCUT2D eigenvalue weighted by Crippen LogP contribution is 2.46. The van der Waals surface area contributed by atoms with Gasteiger partial charge in [-0.3, -0.25) is 14.3 Å². The Kier molecular flexibility index (Phi) is 3.25. The highest BCUT2D eigenvalue weighted by atomic mass is 16.6. The van der Waals surface area contributed by atoms with Crippen molar-refractivity contribution in [2.24, 2.45) is 0 Å². The van der Waals surface area contributed by atoms with E-state index in [4.69, 9.17) is 9.47 Å². The topological polar surface area (TPSA) is 114 Å². The minimum atomic E-state index is -1.06. The van der Waals surface area contributed by atoms with Gasteiger partial charge in [-0.1, -0.05) is 0 Å². The van der Waals surface area contributed by atoms with Gasteiger partial charge in [0.2, 0.25) is 0 Å². The van der Waals surface area contributed by atoms with Crippen molar-refractivity contribution in [3.63, 3.8) is 0 Å². The maximum Gasteiger partial charge on any atom is 0.330 e. The molecule has 2 fully saturated rings. The molecule has 2 aliphatic rings. The van der Waals surface area contributed by atoms with Gasteiger partial charge in [-0.2, -0.15) is 0 Å². The van der Waals surface area contributed by atoms with E-state index in [-0.39, 0.29) is 6.61 Å². The number of nitrogens with zero attached hydrogens (tertiary/aromatic N) is 1. The third kappa shape index (κ3) is 1.84. The lowest BCUT2D eigenvalue weighted by atomic mass is 9.91. The van der Waals surface area contributed by atoms with Crippen molar-refractivity contribution in [1.29, 1.82) is 0 Å². The van der Waals surface area contributed by atoms with Crippen LogP contribution in [0.4, 0.5) is 0 Å². The average molecular weight is 284 g/mol. The van der Waals surface area contributed by atoms with E-state index in [0.29, 0.717) is 13.0 Å². The Labute approximate surface area is 113 Å². The monoisotopic (exact) mass is 284 g/mol. The molecule has 2 unspecified atom stereocenters. The van der Waals surface area contributed by atoms with Gasteiger partial charge in [0.05, 0.1) is 6.61 Å². The first-order valence-electron chi connectivity index (χ1n) is 6.48. The van der Waals surface area contributed by atoms with Crippen molar-refractivity contribution in [3.8, 4) is 0 Å². The number of aliphatic hydroxyl groups excluding tert-OH is 2. The molecule has 0 saturated carbocycles. The van der Waals surface area contributed by atoms with Crippen LogP contribution in [-0.2, 0) is 9.47 Å². The van der Waals surface area contributed by atoms with Crippen molar-refractivity contribution >= 4 is 0 Å². The summed E-state index contributed by atoms with van der Waals surface area (Å²) in [5.74, 6) is 0. The van der Waals surface area contributed by atoms with E-state index in [1.807, 2.05) is 0 Å². The minimum Gasteiger partial charge on any atom is -0.394 e. The molecule has 20 heavy (non-hydrogen) atoms. The maximum absolute atomic E-state index is 11.9. The zero-order valence-corrected chi connectivity index (χ0v) is 10.7. The summed E-state index contributed by atoms with van der Waals surface area (Å²) in [5, 5.41) is 19.6. The van der Waals surface area contributed by atoms with Crippen molar-refractivity contribution in [1.82, 2.24) is 9.55 Å². The van der Waals surface area contributed by atoms with E-state index in [1.165, 1.54) is 16.8 Å². The number of hydrogen-bond donors (Lipinski definition) is 3. The quantitative estimate of drug-likeness (QED) is 0.599. The van der Waals surface area contributed by atoms with Gasteiger partial charge in [0.1, 0.15) is 17.8 Å². The van der Waals surface area contributed by atoms with Crippen LogP contribution in [0.3, 0.4) is 0 Å². The molecule has 0 radical (unpaired) electrons. The number of H-pyrrole nitrogens is 1. The van der Waals surface area contributed by atoms with E-state index in [0.717, 1.165) is 6.42 Å². The molecule has 0 bridgehead atoms. The van der Waals surface area contributed by atoms with Crippen molar-refractivity contribution in [3.05, 3.63) is 33.1 Å². The zero-order chi connectivity index (χ0) is 14.3. The number of aromatic nitrogens is 2. The molecule has 8 nitrogen and oxygen atoms in total. The Bertz CT molecular complexity index is 602. The van der Waals surface area contributed by atoms with Crippen LogP contribution >= 0.6 is 0 Å². The lowest BCUT2D eigenvalue weighted by Crippen LogP contribution is -2.48. The molecule has 3 rings (SSSR count). The molecule has 0 aromatic carbocycles. The number of hydrogen-bond acceptors (Lipinski definition) is 6. The second kappa shape index (κ2) is 4.81. The van der Waals surface area contributed by atoms with Gasteiger partial charge in [0.15, 0.2) is 6.23 Å². The summed E-state index contributed by atoms with van der Waals surface area (Å²) in [6.45, 7) is 0.0774. The minimum absolute atomic E-state index is 0.374. The molecule has 1 aromatic rings. The summed E-state index contributed by atoms with van der Waals surface area (Å²) in [6.07, 6.45) is -0.173. The average Bonchev–Trinajstić information content (AvgIpc) is 3.00. The summed E-state index contributed by atoms with van der Waals surface area (Å²) >= 11 is 0. The van der Waals surface area contributed by atoms with Gasteiger partial charge in [-0.25, -0.2) is 4.79 Å². The Morgan fingerprint density at radius 3 is 2.90 bits per heavy atom. The Morgan fingerprint density at radius 1 is 1.50 bits per heavy atom. The molecule has 8 heteroatoms. The molecule has 3 heterocycles. The van der Waals surface area contributed by atoms with Gasteiger partial charge in [-0.15, -0.1) is 0 Å². The largest absolute Gasteiger partial charge is 0.394 e. The molecule has 0 aliphatic carbocycles. The van der Waals surface area contributed by atoms with Crippen molar-refractivity contribution < 1.29 is 19.7 Å². The first-order valence-corrected chi connectivity index (χ1v) is 6.48. The molecular formula is C12H16N2O6. The van der Waals surface area contributed by atoms with E-state index in [9.17, 15) is 19.8 Å². The van der Waals surface area contributed by atoms with Gasteiger partial charge >= 0.3 is 5.69 Å². The van der Waals surface area contributed by atoms with Crippen LogP contribution in [0.5, 0.6) is 0 Å². The second-order valence-corrected chi connectivity index (χ2v) is 5.08. The number of ether oxygens (including phenoxy) is 2. The normalized spacial score (nSPS) is 36.8. The fourth-order valence-corrected chi connectivity index (χ4v) is 2.98. The smallest absolute Gasteiger partial charge is 0.330 e. The van der Waals surface area contributed by atoms with Crippen LogP contribution in [0.2, 0.25) is 0 Å². The van der Waals surface area contributed by atoms with Crippen LogP contribution in [-0.4, -0.2) is 50.8 Å². The Morgan fingerprint density at radius 2 is 2.30 bits per heavy atom. The lowest BCUT2D eigenvalue weighted by Gasteiger charge is -2.31. The zero-order valence-electron chi connectivity index (χ0n) is 10.7. The third-order valence-corrected chi connectivity index (χ3v) is 3.94. The molecule has 1 spiro atoms. The molecular weight excluding hydrogens is 268 g/mol. The molecule has 0 amide bonds. The highest BCUT2D eigenvalue weighted by Gasteiger charge is 2.59. The van der Waals surface area contributed by atoms with E-state index >= 15 is 0 Å². The summed E-state index contributed by atoms with van der Waals surface area (Å²) < 4.78 is 12.4. The molecule has 2 saturated heterocycles. The second-order valence-electron chi connectivity index (χ2n) is 5.08. The summed E-state index contributed by atoms with van der Waals surface area (Å²) in [5.41, 5.74) is -2.21. The predicted molar refractivity (Wildman–Crippen MR) is 66.2 cm³/mol. The van der Waals surface area contributed by atoms with Gasteiger partial charge in [0, 0.05) is 18.9 Å².